The molecule has 3 nitrogen and oxygen atoms in total. The van der Waals surface area contributed by atoms with Crippen LogP contribution in [0.1, 0.15) is 20.7 Å². The minimum atomic E-state index is -0.329. The van der Waals surface area contributed by atoms with E-state index in [0.29, 0.717) is 11.1 Å². The maximum Gasteiger partial charge on any atom is 0.259 e. The summed E-state index contributed by atoms with van der Waals surface area (Å²) >= 11 is 1.53. The Bertz CT molecular complexity index is 919. The molecule has 1 N–H and O–H groups in total. The molecule has 0 radical (unpaired) electrons. The van der Waals surface area contributed by atoms with E-state index in [9.17, 15) is 9.59 Å². The van der Waals surface area contributed by atoms with Crippen LogP contribution in [0.5, 0.6) is 0 Å². The van der Waals surface area contributed by atoms with Crippen LogP contribution in [0, 0.1) is 0 Å². The van der Waals surface area contributed by atoms with Gasteiger partial charge >= 0.3 is 0 Å². The van der Waals surface area contributed by atoms with Crippen LogP contribution in [0.25, 0.3) is 10.8 Å². The maximum atomic E-state index is 12.3. The van der Waals surface area contributed by atoms with Crippen LogP contribution in [0.15, 0.2) is 70.5 Å². The molecule has 0 atom stereocenters. The quantitative estimate of drug-likeness (QED) is 0.731. The maximum absolute atomic E-state index is 12.3. The van der Waals surface area contributed by atoms with Crippen molar-refractivity contribution in [2.45, 2.75) is 9.79 Å². The molecule has 4 heteroatoms. The molecule has 2 amide bonds. The highest BCUT2D eigenvalue weighted by Crippen LogP contribution is 2.37. The van der Waals surface area contributed by atoms with Gasteiger partial charge in [0.2, 0.25) is 0 Å². The Hall–Kier alpha value is -2.59. The molecule has 0 spiro atoms. The summed E-state index contributed by atoms with van der Waals surface area (Å²) < 4.78 is 0. The summed E-state index contributed by atoms with van der Waals surface area (Å²) in [5.41, 5.74) is 1.14. The Labute approximate surface area is 131 Å². The van der Waals surface area contributed by atoms with Crippen molar-refractivity contribution < 1.29 is 9.59 Å². The third-order valence-corrected chi connectivity index (χ3v) is 4.75. The van der Waals surface area contributed by atoms with Crippen LogP contribution in [0.4, 0.5) is 0 Å². The first kappa shape index (κ1) is 13.1. The van der Waals surface area contributed by atoms with Crippen LogP contribution >= 0.6 is 11.8 Å². The molecule has 0 bridgehead atoms. The summed E-state index contributed by atoms with van der Waals surface area (Å²) in [6.07, 6.45) is 0. The highest BCUT2D eigenvalue weighted by molar-refractivity contribution is 7.99. The molecular formula is C18H11NO2S. The third-order valence-electron chi connectivity index (χ3n) is 3.68. The molecule has 0 saturated heterocycles. The van der Waals surface area contributed by atoms with E-state index in [1.807, 2.05) is 54.6 Å². The van der Waals surface area contributed by atoms with Gasteiger partial charge in [0, 0.05) is 20.7 Å². The molecule has 106 valence electrons. The van der Waals surface area contributed by atoms with Crippen LogP contribution in [0.3, 0.4) is 0 Å². The molecule has 0 aromatic heterocycles. The minimum Gasteiger partial charge on any atom is -0.288 e. The highest BCUT2D eigenvalue weighted by atomic mass is 32.2. The fourth-order valence-electron chi connectivity index (χ4n) is 2.71. The molecule has 1 aliphatic heterocycles. The summed E-state index contributed by atoms with van der Waals surface area (Å²) in [6.45, 7) is 0. The number of rotatable bonds is 2. The number of hydrogen-bond donors (Lipinski definition) is 1. The zero-order valence-corrected chi connectivity index (χ0v) is 12.3. The molecular weight excluding hydrogens is 294 g/mol. The highest BCUT2D eigenvalue weighted by Gasteiger charge is 2.27. The zero-order chi connectivity index (χ0) is 15.1. The van der Waals surface area contributed by atoms with E-state index in [-0.39, 0.29) is 11.8 Å². The van der Waals surface area contributed by atoms with Crippen molar-refractivity contribution in [1.82, 2.24) is 5.32 Å². The number of carbonyl (C=O) groups is 2. The molecule has 0 aliphatic carbocycles. The van der Waals surface area contributed by atoms with E-state index >= 15 is 0 Å². The number of amides is 2. The summed E-state index contributed by atoms with van der Waals surface area (Å²) in [7, 11) is 0. The lowest BCUT2D eigenvalue weighted by atomic mass is 9.95. The Kier molecular flexibility index (Phi) is 2.98. The van der Waals surface area contributed by atoms with Gasteiger partial charge in [0.15, 0.2) is 0 Å². The van der Waals surface area contributed by atoms with Crippen molar-refractivity contribution in [1.29, 1.82) is 0 Å². The van der Waals surface area contributed by atoms with Crippen LogP contribution in [-0.4, -0.2) is 11.8 Å². The Morgan fingerprint density at radius 1 is 0.773 bits per heavy atom. The second-order valence-corrected chi connectivity index (χ2v) is 6.16. The van der Waals surface area contributed by atoms with Gasteiger partial charge in [0.1, 0.15) is 0 Å². The van der Waals surface area contributed by atoms with Gasteiger partial charge in [-0.2, -0.15) is 0 Å². The van der Waals surface area contributed by atoms with E-state index in [2.05, 4.69) is 5.32 Å². The molecule has 22 heavy (non-hydrogen) atoms. The zero-order valence-electron chi connectivity index (χ0n) is 11.5. The fourth-order valence-corrected chi connectivity index (χ4v) is 3.69. The first-order valence-electron chi connectivity index (χ1n) is 6.88. The van der Waals surface area contributed by atoms with Crippen molar-refractivity contribution in [3.8, 4) is 0 Å². The largest absolute Gasteiger partial charge is 0.288 e. The monoisotopic (exact) mass is 305 g/mol. The van der Waals surface area contributed by atoms with E-state index in [1.165, 1.54) is 11.8 Å². The van der Waals surface area contributed by atoms with E-state index < -0.39 is 0 Å². The lowest BCUT2D eigenvalue weighted by Gasteiger charge is -2.19. The number of benzene rings is 3. The van der Waals surface area contributed by atoms with Gasteiger partial charge < -0.3 is 0 Å². The smallest absolute Gasteiger partial charge is 0.259 e. The normalized spacial score (nSPS) is 13.3. The van der Waals surface area contributed by atoms with Gasteiger partial charge in [-0.15, -0.1) is 0 Å². The Balaban J connectivity index is 1.97. The average molecular weight is 305 g/mol. The van der Waals surface area contributed by atoms with E-state index in [4.69, 9.17) is 0 Å². The first-order valence-corrected chi connectivity index (χ1v) is 7.70. The summed E-state index contributed by atoms with van der Waals surface area (Å²) in [5, 5.41) is 4.09. The molecule has 1 aliphatic rings. The van der Waals surface area contributed by atoms with Gasteiger partial charge in [-0.3, -0.25) is 14.9 Å². The predicted molar refractivity (Wildman–Crippen MR) is 86.3 cm³/mol. The van der Waals surface area contributed by atoms with Crippen molar-refractivity contribution >= 4 is 34.3 Å². The molecule has 4 rings (SSSR count). The average Bonchev–Trinajstić information content (AvgIpc) is 2.54. The number of imide groups is 1. The van der Waals surface area contributed by atoms with Crippen molar-refractivity contribution in [2.24, 2.45) is 0 Å². The van der Waals surface area contributed by atoms with Crippen LogP contribution in [0.2, 0.25) is 0 Å². The van der Waals surface area contributed by atoms with Crippen molar-refractivity contribution in [3.05, 3.63) is 71.8 Å². The Morgan fingerprint density at radius 2 is 1.59 bits per heavy atom. The van der Waals surface area contributed by atoms with Crippen LogP contribution in [-0.2, 0) is 0 Å². The van der Waals surface area contributed by atoms with E-state index in [1.54, 1.807) is 6.07 Å². The molecule has 0 saturated carbocycles. The number of carbonyl (C=O) groups excluding carboxylic acids is 2. The number of hydrogen-bond acceptors (Lipinski definition) is 3. The van der Waals surface area contributed by atoms with Gasteiger partial charge in [-0.25, -0.2) is 0 Å². The lowest BCUT2D eigenvalue weighted by molar-refractivity contribution is 0.0843. The lowest BCUT2D eigenvalue weighted by Crippen LogP contribution is -2.35. The SMILES string of the molecule is O=C1NC(=O)c2c(Sc3ccccc3)ccc3cccc1c23. The second kappa shape index (κ2) is 5.00. The third kappa shape index (κ3) is 2.00. The second-order valence-electron chi connectivity index (χ2n) is 5.04. The van der Waals surface area contributed by atoms with Gasteiger partial charge in [0.25, 0.3) is 11.8 Å². The van der Waals surface area contributed by atoms with Crippen molar-refractivity contribution in [3.63, 3.8) is 0 Å². The summed E-state index contributed by atoms with van der Waals surface area (Å²) in [6, 6.07) is 19.3. The summed E-state index contributed by atoms with van der Waals surface area (Å²) in [4.78, 5) is 26.3. The van der Waals surface area contributed by atoms with Gasteiger partial charge in [-0.05, 0) is 29.7 Å². The molecule has 0 unspecified atom stereocenters. The standard InChI is InChI=1S/C18H11NO2S/c20-17-13-8-4-5-11-9-10-14(16(15(11)13)18(21)19-17)22-12-6-2-1-3-7-12/h1-10H,(H,19,20,21). The number of nitrogens with one attached hydrogen (secondary N) is 1. The predicted octanol–water partition coefficient (Wildman–Crippen LogP) is 3.87. The summed E-state index contributed by atoms with van der Waals surface area (Å²) in [5.74, 6) is -0.655. The van der Waals surface area contributed by atoms with Crippen molar-refractivity contribution in [2.75, 3.05) is 0 Å². The van der Waals surface area contributed by atoms with Gasteiger partial charge in [-0.1, -0.05) is 48.2 Å². The Morgan fingerprint density at radius 3 is 2.41 bits per heavy atom. The molecule has 0 fully saturated rings. The van der Waals surface area contributed by atoms with E-state index in [0.717, 1.165) is 20.6 Å². The fraction of sp³-hybridized carbons (Fsp3) is 0. The first-order chi connectivity index (χ1) is 10.7. The van der Waals surface area contributed by atoms with Crippen LogP contribution < -0.4 is 5.32 Å². The molecule has 3 aromatic rings. The molecule has 1 heterocycles. The topological polar surface area (TPSA) is 46.2 Å². The molecule has 3 aromatic carbocycles. The minimum absolute atomic E-state index is 0.326. The van der Waals surface area contributed by atoms with Gasteiger partial charge in [0.05, 0.1) is 5.56 Å².